The topological polar surface area (TPSA) is 130 Å². The molecule has 1 rings (SSSR count). The van der Waals surface area contributed by atoms with Crippen molar-refractivity contribution in [1.29, 1.82) is 0 Å². The molecular weight excluding hydrogens is 332 g/mol. The van der Waals surface area contributed by atoms with E-state index in [1.54, 1.807) is 0 Å². The van der Waals surface area contributed by atoms with E-state index in [4.69, 9.17) is 15.9 Å². The second-order valence-corrected chi connectivity index (χ2v) is 8.01. The number of nitrogens with one attached hydrogen (secondary N) is 1. The number of carbonyl (C=O) groups is 3. The molecule has 0 heterocycles. The highest BCUT2D eigenvalue weighted by Gasteiger charge is 2.50. The van der Waals surface area contributed by atoms with E-state index in [9.17, 15) is 14.4 Å². The molecule has 0 aromatic heterocycles. The average Bonchev–Trinajstić information content (AvgIpc) is 3.09. The van der Waals surface area contributed by atoms with Gasteiger partial charge in [-0.05, 0) is 36.9 Å². The number of nitrogens with two attached hydrogens (primary N) is 1. The standard InChI is InChI=1S/C16H26N2O5S/c1-16(2)9-10(16)14(21)18-11(15(22)23)6-4-3-5-7-24-12(17)8-13(19)20/h6,10,12H,3-5,7-9,17H2,1-2H3,(H,18,21)(H,19,20)(H,22,23)/b11-6+/t10-,12?/m1/s1. The summed E-state index contributed by atoms with van der Waals surface area (Å²) in [5.74, 6) is -1.69. The molecule has 0 spiro atoms. The molecule has 24 heavy (non-hydrogen) atoms. The first-order valence-corrected chi connectivity index (χ1v) is 9.01. The number of carboxylic acids is 2. The molecule has 1 unspecified atom stereocenters. The maximum Gasteiger partial charge on any atom is 0.352 e. The van der Waals surface area contributed by atoms with Crippen molar-refractivity contribution >= 4 is 29.6 Å². The molecule has 1 aliphatic carbocycles. The summed E-state index contributed by atoms with van der Waals surface area (Å²) in [6.07, 6.45) is 4.30. The Kier molecular flexibility index (Phi) is 7.75. The highest BCUT2D eigenvalue weighted by molar-refractivity contribution is 7.99. The Balaban J connectivity index is 2.28. The predicted molar refractivity (Wildman–Crippen MR) is 92.3 cm³/mol. The van der Waals surface area contributed by atoms with Gasteiger partial charge in [-0.25, -0.2) is 4.79 Å². The van der Waals surface area contributed by atoms with Gasteiger partial charge < -0.3 is 21.3 Å². The fraction of sp³-hybridized carbons (Fsp3) is 0.688. The Hall–Kier alpha value is -1.54. The Morgan fingerprint density at radius 3 is 2.46 bits per heavy atom. The summed E-state index contributed by atoms with van der Waals surface area (Å²) in [6.45, 7) is 3.96. The summed E-state index contributed by atoms with van der Waals surface area (Å²) in [4.78, 5) is 33.6. The third kappa shape index (κ3) is 7.35. The van der Waals surface area contributed by atoms with Crippen LogP contribution in [0.15, 0.2) is 11.8 Å². The Morgan fingerprint density at radius 2 is 1.96 bits per heavy atom. The lowest BCUT2D eigenvalue weighted by molar-refractivity contribution is -0.137. The van der Waals surface area contributed by atoms with Crippen LogP contribution in [-0.2, 0) is 14.4 Å². The van der Waals surface area contributed by atoms with Crippen LogP contribution in [0.2, 0.25) is 0 Å². The number of hydrogen-bond donors (Lipinski definition) is 4. The van der Waals surface area contributed by atoms with E-state index in [-0.39, 0.29) is 29.4 Å². The van der Waals surface area contributed by atoms with Gasteiger partial charge in [0.2, 0.25) is 5.91 Å². The summed E-state index contributed by atoms with van der Waals surface area (Å²) in [6, 6.07) is 0. The molecule has 0 saturated heterocycles. The average molecular weight is 358 g/mol. The van der Waals surface area contributed by atoms with Gasteiger partial charge in [-0.2, -0.15) is 0 Å². The predicted octanol–water partition coefficient (Wildman–Crippen LogP) is 1.78. The number of carboxylic acid groups (broad SMARTS) is 2. The lowest BCUT2D eigenvalue weighted by Gasteiger charge is -2.08. The first-order chi connectivity index (χ1) is 11.1. The molecule has 1 fully saturated rings. The van der Waals surface area contributed by atoms with Gasteiger partial charge >= 0.3 is 11.9 Å². The van der Waals surface area contributed by atoms with Crippen molar-refractivity contribution in [1.82, 2.24) is 5.32 Å². The molecule has 0 aliphatic heterocycles. The zero-order valence-electron chi connectivity index (χ0n) is 14.1. The molecule has 0 radical (unpaired) electrons. The van der Waals surface area contributed by atoms with Crippen LogP contribution in [0.5, 0.6) is 0 Å². The van der Waals surface area contributed by atoms with E-state index in [0.717, 1.165) is 19.3 Å². The van der Waals surface area contributed by atoms with Crippen LogP contribution in [0, 0.1) is 11.3 Å². The highest BCUT2D eigenvalue weighted by atomic mass is 32.2. The number of carbonyl (C=O) groups excluding carboxylic acids is 1. The van der Waals surface area contributed by atoms with Crippen molar-refractivity contribution in [3.63, 3.8) is 0 Å². The number of unbranched alkanes of at least 4 members (excludes halogenated alkanes) is 2. The molecule has 8 heteroatoms. The fourth-order valence-electron chi connectivity index (χ4n) is 2.28. The van der Waals surface area contributed by atoms with Gasteiger partial charge in [-0.1, -0.05) is 19.9 Å². The number of allylic oxidation sites excluding steroid dienone is 1. The van der Waals surface area contributed by atoms with Crippen LogP contribution < -0.4 is 11.1 Å². The second-order valence-electron chi connectivity index (χ2n) is 6.66. The molecule has 0 aromatic carbocycles. The van der Waals surface area contributed by atoms with E-state index in [1.807, 2.05) is 13.8 Å². The van der Waals surface area contributed by atoms with E-state index >= 15 is 0 Å². The maximum absolute atomic E-state index is 12.0. The van der Waals surface area contributed by atoms with Gasteiger partial charge in [0.25, 0.3) is 0 Å². The molecule has 1 aliphatic rings. The first kappa shape index (κ1) is 20.5. The molecule has 1 saturated carbocycles. The van der Waals surface area contributed by atoms with Gasteiger partial charge in [-0.15, -0.1) is 11.8 Å². The fourth-order valence-corrected chi connectivity index (χ4v) is 3.22. The van der Waals surface area contributed by atoms with Crippen molar-refractivity contribution < 1.29 is 24.6 Å². The number of amides is 1. The molecule has 2 atom stereocenters. The largest absolute Gasteiger partial charge is 0.481 e. The summed E-state index contributed by atoms with van der Waals surface area (Å²) in [5, 5.41) is 19.8. The van der Waals surface area contributed by atoms with Crippen LogP contribution in [0.4, 0.5) is 0 Å². The molecule has 7 nitrogen and oxygen atoms in total. The van der Waals surface area contributed by atoms with Gasteiger partial charge in [0.05, 0.1) is 11.8 Å². The van der Waals surface area contributed by atoms with Crippen molar-refractivity contribution in [3.8, 4) is 0 Å². The van der Waals surface area contributed by atoms with Crippen LogP contribution in [-0.4, -0.2) is 39.2 Å². The van der Waals surface area contributed by atoms with E-state index in [2.05, 4.69) is 5.32 Å². The van der Waals surface area contributed by atoms with Gasteiger partial charge in [0.1, 0.15) is 5.70 Å². The van der Waals surface area contributed by atoms with E-state index < -0.39 is 17.3 Å². The summed E-state index contributed by atoms with van der Waals surface area (Å²) in [7, 11) is 0. The number of rotatable bonds is 11. The van der Waals surface area contributed by atoms with E-state index in [1.165, 1.54) is 17.8 Å². The van der Waals surface area contributed by atoms with Crippen LogP contribution in [0.25, 0.3) is 0 Å². The number of aliphatic carboxylic acids is 2. The van der Waals surface area contributed by atoms with Gasteiger partial charge in [0.15, 0.2) is 0 Å². The lowest BCUT2D eigenvalue weighted by Crippen LogP contribution is -2.29. The smallest absolute Gasteiger partial charge is 0.352 e. The molecule has 1 amide bonds. The molecule has 0 aromatic rings. The summed E-state index contributed by atoms with van der Waals surface area (Å²) in [5.41, 5.74) is 5.52. The first-order valence-electron chi connectivity index (χ1n) is 7.97. The van der Waals surface area contributed by atoms with Crippen molar-refractivity contribution in [2.45, 2.75) is 51.3 Å². The SMILES string of the molecule is CC1(C)C[C@@H]1C(=O)N/C(=C/CCCCSC(N)CC(=O)O)C(=O)O. The zero-order valence-corrected chi connectivity index (χ0v) is 14.9. The van der Waals surface area contributed by atoms with Crippen LogP contribution >= 0.6 is 11.8 Å². The monoisotopic (exact) mass is 358 g/mol. The van der Waals surface area contributed by atoms with Crippen molar-refractivity contribution in [2.75, 3.05) is 5.75 Å². The molecule has 0 bridgehead atoms. The maximum atomic E-state index is 12.0. The minimum Gasteiger partial charge on any atom is -0.481 e. The third-order valence-electron chi connectivity index (χ3n) is 3.97. The second kappa shape index (κ2) is 9.08. The molecule has 136 valence electrons. The van der Waals surface area contributed by atoms with Crippen molar-refractivity contribution in [3.05, 3.63) is 11.8 Å². The Morgan fingerprint density at radius 1 is 1.33 bits per heavy atom. The molecule has 5 N–H and O–H groups in total. The minimum atomic E-state index is -1.14. The van der Waals surface area contributed by atoms with Crippen molar-refractivity contribution in [2.24, 2.45) is 17.1 Å². The number of hydrogen-bond acceptors (Lipinski definition) is 5. The zero-order chi connectivity index (χ0) is 18.3. The van der Waals surface area contributed by atoms with Gasteiger partial charge in [0, 0.05) is 5.92 Å². The molecular formula is C16H26N2O5S. The summed E-state index contributed by atoms with van der Waals surface area (Å²) < 4.78 is 0. The van der Waals surface area contributed by atoms with E-state index in [0.29, 0.717) is 12.2 Å². The highest BCUT2D eigenvalue weighted by Crippen LogP contribution is 2.51. The van der Waals surface area contributed by atoms with Crippen LogP contribution in [0.3, 0.4) is 0 Å². The normalized spacial score (nSPS) is 20.3. The quantitative estimate of drug-likeness (QED) is 0.252. The Labute approximate surface area is 146 Å². The Bertz CT molecular complexity index is 519. The number of thioether (sulfide) groups is 1. The summed E-state index contributed by atoms with van der Waals surface area (Å²) >= 11 is 1.38. The third-order valence-corrected chi connectivity index (χ3v) is 5.09. The van der Waals surface area contributed by atoms with Crippen LogP contribution in [0.1, 0.15) is 46.0 Å². The lowest BCUT2D eigenvalue weighted by atomic mass is 10.1. The minimum absolute atomic E-state index is 0.0420. The van der Waals surface area contributed by atoms with Gasteiger partial charge in [-0.3, -0.25) is 9.59 Å².